The van der Waals surface area contributed by atoms with Crippen molar-refractivity contribution in [1.29, 1.82) is 0 Å². The van der Waals surface area contributed by atoms with Crippen molar-refractivity contribution >= 4 is 8.32 Å². The summed E-state index contributed by atoms with van der Waals surface area (Å²) in [4.78, 5) is 0. The molecule has 2 aromatic carbocycles. The van der Waals surface area contributed by atoms with Crippen LogP contribution in [0.2, 0.25) is 18.1 Å². The normalized spacial score (nSPS) is 13.9. The molecule has 0 spiro atoms. The van der Waals surface area contributed by atoms with E-state index in [2.05, 4.69) is 104 Å². The minimum Gasteiger partial charge on any atom is -0.543 e. The molecular formula is C32H48O2Si. The molecule has 2 nitrogen and oxygen atoms in total. The summed E-state index contributed by atoms with van der Waals surface area (Å²) in [5.41, 5.74) is 5.96. The van der Waals surface area contributed by atoms with Crippen LogP contribution in [0, 0.1) is 31.6 Å². The second-order valence-corrected chi connectivity index (χ2v) is 17.2. The maximum atomic E-state index is 10.3. The molecule has 0 aliphatic carbocycles. The van der Waals surface area contributed by atoms with E-state index in [1.165, 1.54) is 27.8 Å². The minimum atomic E-state index is -1.90. The largest absolute Gasteiger partial charge is 0.543 e. The Hall–Kier alpha value is -2.02. The summed E-state index contributed by atoms with van der Waals surface area (Å²) in [5.74, 6) is 3.52. The van der Waals surface area contributed by atoms with E-state index in [1.54, 1.807) is 0 Å². The van der Waals surface area contributed by atoms with Crippen molar-refractivity contribution in [2.75, 3.05) is 0 Å². The van der Waals surface area contributed by atoms with Crippen molar-refractivity contribution in [2.45, 2.75) is 111 Å². The number of benzene rings is 2. The van der Waals surface area contributed by atoms with Gasteiger partial charge in [-0.2, -0.15) is 0 Å². The summed E-state index contributed by atoms with van der Waals surface area (Å²) >= 11 is 0. The van der Waals surface area contributed by atoms with Gasteiger partial charge in [0.2, 0.25) is 8.32 Å². The van der Waals surface area contributed by atoms with Gasteiger partial charge in [-0.25, -0.2) is 0 Å². The van der Waals surface area contributed by atoms with Gasteiger partial charge in [0.25, 0.3) is 0 Å². The first kappa shape index (κ1) is 29.2. The smallest absolute Gasteiger partial charge is 0.250 e. The van der Waals surface area contributed by atoms with E-state index in [4.69, 9.17) is 10.8 Å². The number of aliphatic hydroxyl groups excluding tert-OH is 1. The van der Waals surface area contributed by atoms with E-state index in [1.807, 2.05) is 13.8 Å². The van der Waals surface area contributed by atoms with Crippen LogP contribution in [0.3, 0.4) is 0 Å². The molecule has 1 atom stereocenters. The molecular weight excluding hydrogens is 444 g/mol. The predicted octanol–water partition coefficient (Wildman–Crippen LogP) is 8.36. The summed E-state index contributed by atoms with van der Waals surface area (Å²) in [6.07, 6.45) is 7.52. The lowest BCUT2D eigenvalue weighted by Gasteiger charge is -2.38. The van der Waals surface area contributed by atoms with Crippen LogP contribution >= 0.6 is 0 Å². The topological polar surface area (TPSA) is 29.5 Å². The zero-order chi connectivity index (χ0) is 26.8. The number of aryl methyl sites for hydroxylation is 2. The molecule has 0 aliphatic heterocycles. The molecule has 0 bridgehead atoms. The second-order valence-electron chi connectivity index (χ2n) is 12.5. The van der Waals surface area contributed by atoms with Gasteiger partial charge in [0.1, 0.15) is 11.9 Å². The third kappa shape index (κ3) is 6.04. The molecule has 2 aromatic rings. The summed E-state index contributed by atoms with van der Waals surface area (Å²) in [6.45, 7) is 24.4. The Morgan fingerprint density at radius 2 is 1.43 bits per heavy atom. The van der Waals surface area contributed by atoms with Crippen molar-refractivity contribution in [3.05, 3.63) is 64.2 Å². The summed E-state index contributed by atoms with van der Waals surface area (Å²) in [5, 5.41) is 10.4. The van der Waals surface area contributed by atoms with Crippen molar-refractivity contribution in [1.82, 2.24) is 0 Å². The molecule has 0 saturated carbocycles. The zero-order valence-corrected chi connectivity index (χ0v) is 25.1. The summed E-state index contributed by atoms with van der Waals surface area (Å²) < 4.78 is 6.65. The van der Waals surface area contributed by atoms with E-state index in [0.717, 1.165) is 25.0 Å². The summed E-state index contributed by atoms with van der Waals surface area (Å²) in [6, 6.07) is 13.7. The maximum Gasteiger partial charge on any atom is 0.250 e. The van der Waals surface area contributed by atoms with Crippen LogP contribution in [-0.4, -0.2) is 19.5 Å². The molecule has 0 aliphatic rings. The van der Waals surface area contributed by atoms with Gasteiger partial charge in [-0.3, -0.25) is 0 Å². The number of hydrogen-bond donors (Lipinski definition) is 1. The molecule has 0 amide bonds. The molecule has 3 heteroatoms. The van der Waals surface area contributed by atoms with Crippen LogP contribution in [0.1, 0.15) is 89.1 Å². The van der Waals surface area contributed by atoms with Crippen LogP contribution < -0.4 is 4.43 Å². The monoisotopic (exact) mass is 492 g/mol. The molecule has 0 aromatic heterocycles. The van der Waals surface area contributed by atoms with Crippen LogP contribution in [0.15, 0.2) is 36.4 Å². The Bertz CT molecular complexity index is 1060. The molecule has 0 saturated heterocycles. The highest BCUT2D eigenvalue weighted by molar-refractivity contribution is 6.74. The van der Waals surface area contributed by atoms with Crippen molar-refractivity contribution < 1.29 is 9.53 Å². The number of terminal acetylenes is 1. The van der Waals surface area contributed by atoms with Gasteiger partial charge in [0.15, 0.2) is 0 Å². The number of rotatable bonds is 9. The lowest BCUT2D eigenvalue weighted by molar-refractivity contribution is 0.0989. The zero-order valence-electron chi connectivity index (χ0n) is 24.1. The summed E-state index contributed by atoms with van der Waals surface area (Å²) in [7, 11) is -1.90. The molecule has 0 heterocycles. The SMILES string of the molecule is C#CC(O)C(C)(C)Cc1ccc(C(CC)(CC)c2ccc(O[Si](C)(C)C(C)(C)C)c(C)c2)cc1C. The first-order chi connectivity index (χ1) is 16.0. The van der Waals surface area contributed by atoms with Crippen molar-refractivity contribution in [3.63, 3.8) is 0 Å². The molecule has 1 N–H and O–H groups in total. The Morgan fingerprint density at radius 3 is 1.86 bits per heavy atom. The van der Waals surface area contributed by atoms with Gasteiger partial charge in [0.05, 0.1) is 0 Å². The fraction of sp³-hybridized carbons (Fsp3) is 0.562. The lowest BCUT2D eigenvalue weighted by atomic mass is 9.69. The lowest BCUT2D eigenvalue weighted by Crippen LogP contribution is -2.44. The predicted molar refractivity (Wildman–Crippen MR) is 154 cm³/mol. The maximum absolute atomic E-state index is 10.3. The molecule has 1 unspecified atom stereocenters. The van der Waals surface area contributed by atoms with Gasteiger partial charge in [-0.05, 0) is 85.1 Å². The third-order valence-electron chi connectivity index (χ3n) is 8.55. The van der Waals surface area contributed by atoms with Crippen LogP contribution in [0.25, 0.3) is 0 Å². The van der Waals surface area contributed by atoms with Crippen LogP contribution in [0.4, 0.5) is 0 Å². The average Bonchev–Trinajstić information content (AvgIpc) is 2.76. The van der Waals surface area contributed by atoms with Gasteiger partial charge < -0.3 is 9.53 Å². The quantitative estimate of drug-likeness (QED) is 0.281. The molecule has 0 fully saturated rings. The highest BCUT2D eigenvalue weighted by atomic mass is 28.4. The van der Waals surface area contributed by atoms with Crippen molar-refractivity contribution in [2.24, 2.45) is 5.41 Å². The highest BCUT2D eigenvalue weighted by Crippen LogP contribution is 2.43. The fourth-order valence-electron chi connectivity index (χ4n) is 4.73. The van der Waals surface area contributed by atoms with Gasteiger partial charge in [-0.15, -0.1) is 6.42 Å². The Morgan fingerprint density at radius 1 is 0.914 bits per heavy atom. The Balaban J connectivity index is 2.47. The molecule has 2 rings (SSSR count). The van der Waals surface area contributed by atoms with Crippen molar-refractivity contribution in [3.8, 4) is 18.1 Å². The first-order valence-electron chi connectivity index (χ1n) is 13.1. The van der Waals surface area contributed by atoms with E-state index in [9.17, 15) is 5.11 Å². The van der Waals surface area contributed by atoms with Gasteiger partial charge in [0, 0.05) is 10.8 Å². The highest BCUT2D eigenvalue weighted by Gasteiger charge is 2.39. The van der Waals surface area contributed by atoms with E-state index in [-0.39, 0.29) is 15.9 Å². The standard InChI is InChI=1S/C32H48O2Si/c1-13-29(33)31(9,10)22-25-16-17-26(20-23(25)4)32(14-2,15-3)27-18-19-28(24(5)21-27)34-35(11,12)30(6,7)8/h1,16-21,29,33H,14-15,22H2,2-12H3. The van der Waals surface area contributed by atoms with Gasteiger partial charge >= 0.3 is 0 Å². The average molecular weight is 493 g/mol. The minimum absolute atomic E-state index is 0.0581. The number of aliphatic hydroxyl groups is 1. The molecule has 192 valence electrons. The third-order valence-corrected chi connectivity index (χ3v) is 12.9. The van der Waals surface area contributed by atoms with Crippen LogP contribution in [-0.2, 0) is 11.8 Å². The van der Waals surface area contributed by atoms with E-state index < -0.39 is 14.4 Å². The Kier molecular flexibility index (Phi) is 8.79. The Labute approximate surface area is 216 Å². The fourth-order valence-corrected chi connectivity index (χ4v) is 5.81. The molecule has 0 radical (unpaired) electrons. The van der Waals surface area contributed by atoms with Gasteiger partial charge in [-0.1, -0.05) is 84.7 Å². The van der Waals surface area contributed by atoms with E-state index >= 15 is 0 Å². The molecule has 35 heavy (non-hydrogen) atoms. The first-order valence-corrected chi connectivity index (χ1v) is 16.0. The van der Waals surface area contributed by atoms with Crippen LogP contribution in [0.5, 0.6) is 5.75 Å². The van der Waals surface area contributed by atoms with E-state index in [0.29, 0.717) is 0 Å². The second kappa shape index (κ2) is 10.5. The number of hydrogen-bond acceptors (Lipinski definition) is 2.